The molecule has 0 radical (unpaired) electrons. The Labute approximate surface area is 121 Å². The number of nitrogens with one attached hydrogen (secondary N) is 1. The fourth-order valence-corrected chi connectivity index (χ4v) is 2.90. The van der Waals surface area contributed by atoms with E-state index in [1.165, 1.54) is 6.42 Å². The van der Waals surface area contributed by atoms with E-state index in [1.807, 2.05) is 26.1 Å². The molecule has 110 valence electrons. The Bertz CT molecular complexity index is 447. The van der Waals surface area contributed by atoms with Gasteiger partial charge >= 0.3 is 0 Å². The normalized spacial score (nSPS) is 18.9. The smallest absolute Gasteiger partial charge is 0.222 e. The summed E-state index contributed by atoms with van der Waals surface area (Å²) in [5.41, 5.74) is 1.10. The summed E-state index contributed by atoms with van der Waals surface area (Å²) in [6, 6.07) is 6.47. The fraction of sp³-hybridized carbons (Fsp3) is 0.625. The molecule has 1 fully saturated rings. The molecule has 1 atom stereocenters. The molecule has 0 saturated carbocycles. The van der Waals surface area contributed by atoms with Gasteiger partial charge in [0.15, 0.2) is 0 Å². The molecule has 1 aliphatic heterocycles. The Morgan fingerprint density at radius 1 is 1.45 bits per heavy atom. The maximum Gasteiger partial charge on any atom is 0.222 e. The van der Waals surface area contributed by atoms with Gasteiger partial charge in [-0.1, -0.05) is 13.0 Å². The fourth-order valence-electron chi connectivity index (χ4n) is 2.90. The van der Waals surface area contributed by atoms with Crippen LogP contribution in [0.25, 0.3) is 0 Å². The lowest BCUT2D eigenvalue weighted by molar-refractivity contribution is -0.134. The highest BCUT2D eigenvalue weighted by Crippen LogP contribution is 2.22. The number of likely N-dealkylation sites (tertiary alicyclic amines) is 1. The van der Waals surface area contributed by atoms with Crippen molar-refractivity contribution in [1.29, 1.82) is 0 Å². The van der Waals surface area contributed by atoms with Crippen molar-refractivity contribution < 1.29 is 4.79 Å². The van der Waals surface area contributed by atoms with Crippen molar-refractivity contribution in [3.8, 4) is 0 Å². The molecule has 0 bridgehead atoms. The molecule has 4 heteroatoms. The van der Waals surface area contributed by atoms with E-state index in [2.05, 4.69) is 21.3 Å². The maximum atomic E-state index is 12.0. The predicted molar refractivity (Wildman–Crippen MR) is 81.7 cm³/mol. The van der Waals surface area contributed by atoms with E-state index in [0.29, 0.717) is 18.4 Å². The predicted octanol–water partition coefficient (Wildman–Crippen LogP) is 2.85. The number of nitrogens with zero attached hydrogens (tertiary/aromatic N) is 2. The largest absolute Gasteiger partial charge is 0.373 e. The van der Waals surface area contributed by atoms with Crippen molar-refractivity contribution in [2.45, 2.75) is 51.5 Å². The van der Waals surface area contributed by atoms with E-state index in [4.69, 9.17) is 0 Å². The molecule has 1 amide bonds. The van der Waals surface area contributed by atoms with Crippen molar-refractivity contribution in [3.05, 3.63) is 23.9 Å². The highest BCUT2D eigenvalue weighted by Gasteiger charge is 2.25. The van der Waals surface area contributed by atoms with Crippen LogP contribution in [0.15, 0.2) is 18.2 Å². The minimum absolute atomic E-state index is 0.298. The average Bonchev–Trinajstić information content (AvgIpc) is 2.52. The van der Waals surface area contributed by atoms with Crippen LogP contribution in [0, 0.1) is 0 Å². The van der Waals surface area contributed by atoms with E-state index in [-0.39, 0.29) is 0 Å². The summed E-state index contributed by atoms with van der Waals surface area (Å²) in [7, 11) is 1.88. The molecule has 4 nitrogen and oxygen atoms in total. The molecule has 0 aliphatic carbocycles. The van der Waals surface area contributed by atoms with E-state index in [1.54, 1.807) is 0 Å². The maximum absolute atomic E-state index is 12.0. The summed E-state index contributed by atoms with van der Waals surface area (Å²) in [6.45, 7) is 2.88. The molecule has 1 aromatic rings. The first-order valence-corrected chi connectivity index (χ1v) is 7.67. The van der Waals surface area contributed by atoms with Crippen LogP contribution in [0.1, 0.15) is 44.7 Å². The van der Waals surface area contributed by atoms with E-state index in [9.17, 15) is 4.79 Å². The van der Waals surface area contributed by atoms with Gasteiger partial charge < -0.3 is 10.2 Å². The lowest BCUT2D eigenvalue weighted by Crippen LogP contribution is -2.43. The van der Waals surface area contributed by atoms with Crippen LogP contribution in [0.5, 0.6) is 0 Å². The third-order valence-electron chi connectivity index (χ3n) is 4.05. The zero-order valence-electron chi connectivity index (χ0n) is 12.6. The molecule has 0 spiro atoms. The number of carbonyl (C=O) groups is 1. The Hall–Kier alpha value is -1.58. The molecule has 2 rings (SSSR count). The first-order valence-electron chi connectivity index (χ1n) is 7.67. The lowest BCUT2D eigenvalue weighted by Gasteiger charge is -2.35. The number of aromatic nitrogens is 1. The molecular formula is C16H25N3O. The van der Waals surface area contributed by atoms with Gasteiger partial charge in [0.05, 0.1) is 0 Å². The van der Waals surface area contributed by atoms with Crippen LogP contribution < -0.4 is 5.32 Å². The molecule has 2 heterocycles. The van der Waals surface area contributed by atoms with Crippen molar-refractivity contribution in [3.63, 3.8) is 0 Å². The number of pyridine rings is 1. The van der Waals surface area contributed by atoms with Gasteiger partial charge in [-0.15, -0.1) is 0 Å². The molecule has 1 N–H and O–H groups in total. The molecule has 1 aromatic heterocycles. The van der Waals surface area contributed by atoms with Crippen molar-refractivity contribution in [1.82, 2.24) is 9.88 Å². The van der Waals surface area contributed by atoms with Gasteiger partial charge in [-0.05, 0) is 44.2 Å². The van der Waals surface area contributed by atoms with Gasteiger partial charge in [0, 0.05) is 31.7 Å². The Balaban J connectivity index is 1.95. The number of hydrogen-bond acceptors (Lipinski definition) is 3. The molecule has 0 unspecified atom stereocenters. The lowest BCUT2D eigenvalue weighted by atomic mass is 9.96. The molecule has 1 aliphatic rings. The molecule has 1 saturated heterocycles. The van der Waals surface area contributed by atoms with Crippen LogP contribution in [-0.4, -0.2) is 35.4 Å². The summed E-state index contributed by atoms with van der Waals surface area (Å²) in [5, 5.41) is 3.07. The number of aryl methyl sites for hydroxylation is 1. The highest BCUT2D eigenvalue weighted by molar-refractivity contribution is 5.76. The quantitative estimate of drug-likeness (QED) is 0.898. The van der Waals surface area contributed by atoms with Crippen LogP contribution in [-0.2, 0) is 11.2 Å². The number of amides is 1. The first kappa shape index (κ1) is 14.8. The van der Waals surface area contributed by atoms with Crippen molar-refractivity contribution >= 4 is 11.7 Å². The van der Waals surface area contributed by atoms with E-state index in [0.717, 1.165) is 43.7 Å². The summed E-state index contributed by atoms with van der Waals surface area (Å²) in [5.74, 6) is 1.21. The minimum Gasteiger partial charge on any atom is -0.373 e. The van der Waals surface area contributed by atoms with Crippen LogP contribution >= 0.6 is 0 Å². The standard InChI is InChI=1S/C16H25N3O/c1-3-16(20)19-12-5-4-8-14(19)11-10-13-7-6-9-15(17-2)18-13/h6-7,9,14H,3-5,8,10-12H2,1-2H3,(H,17,18)/t14-/m1/s1. The zero-order valence-corrected chi connectivity index (χ0v) is 12.6. The van der Waals surface area contributed by atoms with Gasteiger partial charge in [-0.2, -0.15) is 0 Å². The Morgan fingerprint density at radius 3 is 3.05 bits per heavy atom. The number of anilines is 1. The monoisotopic (exact) mass is 275 g/mol. The van der Waals surface area contributed by atoms with E-state index < -0.39 is 0 Å². The summed E-state index contributed by atoms with van der Waals surface area (Å²) >= 11 is 0. The summed E-state index contributed by atoms with van der Waals surface area (Å²) in [6.07, 6.45) is 6.10. The third-order valence-corrected chi connectivity index (χ3v) is 4.05. The second kappa shape index (κ2) is 7.27. The summed E-state index contributed by atoms with van der Waals surface area (Å²) in [4.78, 5) is 18.6. The van der Waals surface area contributed by atoms with Crippen molar-refractivity contribution in [2.75, 3.05) is 18.9 Å². The second-order valence-corrected chi connectivity index (χ2v) is 5.39. The number of hydrogen-bond donors (Lipinski definition) is 1. The highest BCUT2D eigenvalue weighted by atomic mass is 16.2. The zero-order chi connectivity index (χ0) is 14.4. The van der Waals surface area contributed by atoms with Crippen LogP contribution in [0.4, 0.5) is 5.82 Å². The van der Waals surface area contributed by atoms with Gasteiger partial charge in [-0.25, -0.2) is 4.98 Å². The van der Waals surface area contributed by atoms with Gasteiger partial charge in [0.25, 0.3) is 0 Å². The number of carbonyl (C=O) groups excluding carboxylic acids is 1. The molecular weight excluding hydrogens is 250 g/mol. The Morgan fingerprint density at radius 2 is 2.30 bits per heavy atom. The minimum atomic E-state index is 0.298. The van der Waals surface area contributed by atoms with Gasteiger partial charge in [-0.3, -0.25) is 4.79 Å². The van der Waals surface area contributed by atoms with Crippen molar-refractivity contribution in [2.24, 2.45) is 0 Å². The average molecular weight is 275 g/mol. The SMILES string of the molecule is CCC(=O)N1CCCC[C@@H]1CCc1cccc(NC)n1. The van der Waals surface area contributed by atoms with Gasteiger partial charge in [0.2, 0.25) is 5.91 Å². The number of rotatable bonds is 5. The Kier molecular flexibility index (Phi) is 5.39. The van der Waals surface area contributed by atoms with Gasteiger partial charge in [0.1, 0.15) is 5.82 Å². The number of piperidine rings is 1. The van der Waals surface area contributed by atoms with Crippen LogP contribution in [0.2, 0.25) is 0 Å². The third kappa shape index (κ3) is 3.71. The topological polar surface area (TPSA) is 45.2 Å². The van der Waals surface area contributed by atoms with E-state index >= 15 is 0 Å². The molecule has 0 aromatic carbocycles. The first-order chi connectivity index (χ1) is 9.74. The summed E-state index contributed by atoms with van der Waals surface area (Å²) < 4.78 is 0. The second-order valence-electron chi connectivity index (χ2n) is 5.39. The van der Waals surface area contributed by atoms with Crippen LogP contribution in [0.3, 0.4) is 0 Å². The molecule has 20 heavy (non-hydrogen) atoms.